The van der Waals surface area contributed by atoms with E-state index in [1.165, 1.54) is 0 Å². The predicted molar refractivity (Wildman–Crippen MR) is 56.7 cm³/mol. The maximum absolute atomic E-state index is 5.84. The molecule has 1 aromatic rings. The molecule has 72 valence electrons. The molecule has 3 heteroatoms. The number of hydrogen-bond donors (Lipinski definition) is 0. The Balaban J connectivity index is 2.56. The number of hydrogen-bond acceptors (Lipinski definition) is 1. The van der Waals surface area contributed by atoms with Gasteiger partial charge in [0, 0.05) is 16.7 Å². The molecular formula is C10H12Cl2O. The summed E-state index contributed by atoms with van der Waals surface area (Å²) in [6, 6.07) is 5.55. The van der Waals surface area contributed by atoms with Gasteiger partial charge in [-0.15, -0.1) is 0 Å². The van der Waals surface area contributed by atoms with E-state index in [9.17, 15) is 0 Å². The first kappa shape index (κ1) is 10.8. The normalized spacial score (nSPS) is 10.4. The van der Waals surface area contributed by atoms with Crippen LogP contribution in [0.4, 0.5) is 0 Å². The van der Waals surface area contributed by atoms with E-state index in [0.717, 1.165) is 18.6 Å². The summed E-state index contributed by atoms with van der Waals surface area (Å²) < 4.78 is 5.23. The zero-order chi connectivity index (χ0) is 9.68. The van der Waals surface area contributed by atoms with Crippen molar-refractivity contribution in [1.29, 1.82) is 0 Å². The van der Waals surface area contributed by atoms with Crippen LogP contribution >= 0.6 is 23.2 Å². The highest BCUT2D eigenvalue weighted by Gasteiger charge is 1.97. The number of benzene rings is 1. The van der Waals surface area contributed by atoms with Gasteiger partial charge in [-0.1, -0.05) is 23.2 Å². The molecule has 13 heavy (non-hydrogen) atoms. The molecule has 0 N–H and O–H groups in total. The van der Waals surface area contributed by atoms with Gasteiger partial charge in [0.25, 0.3) is 0 Å². The highest BCUT2D eigenvalue weighted by atomic mass is 35.5. The second-order valence-electron chi connectivity index (χ2n) is 2.72. The van der Waals surface area contributed by atoms with Crippen LogP contribution in [0.5, 0.6) is 0 Å². The third kappa shape index (κ3) is 3.99. The first-order valence-electron chi connectivity index (χ1n) is 4.25. The minimum Gasteiger partial charge on any atom is -0.381 e. The van der Waals surface area contributed by atoms with Crippen LogP contribution in [-0.4, -0.2) is 13.2 Å². The summed E-state index contributed by atoms with van der Waals surface area (Å²) in [5, 5.41) is 1.36. The Morgan fingerprint density at radius 2 is 1.77 bits per heavy atom. The van der Waals surface area contributed by atoms with Crippen LogP contribution in [0.1, 0.15) is 12.5 Å². The minimum atomic E-state index is 0.680. The molecular weight excluding hydrogens is 207 g/mol. The monoisotopic (exact) mass is 218 g/mol. The third-order valence-electron chi connectivity index (χ3n) is 1.66. The first-order valence-corrected chi connectivity index (χ1v) is 5.00. The Bertz CT molecular complexity index is 253. The van der Waals surface area contributed by atoms with Crippen molar-refractivity contribution in [2.75, 3.05) is 13.2 Å². The van der Waals surface area contributed by atoms with Gasteiger partial charge in [0.2, 0.25) is 0 Å². The van der Waals surface area contributed by atoms with Crippen molar-refractivity contribution in [2.24, 2.45) is 0 Å². The second-order valence-corrected chi connectivity index (χ2v) is 3.60. The lowest BCUT2D eigenvalue weighted by molar-refractivity contribution is 0.151. The minimum absolute atomic E-state index is 0.680. The second kappa shape index (κ2) is 5.48. The number of halogens is 2. The van der Waals surface area contributed by atoms with Gasteiger partial charge in [0.1, 0.15) is 0 Å². The molecule has 0 amide bonds. The summed E-state index contributed by atoms with van der Waals surface area (Å²) >= 11 is 11.7. The average molecular weight is 219 g/mol. The Kier molecular flexibility index (Phi) is 4.57. The van der Waals surface area contributed by atoms with Crippen LogP contribution < -0.4 is 0 Å². The molecule has 1 nitrogen and oxygen atoms in total. The average Bonchev–Trinajstić information content (AvgIpc) is 2.03. The summed E-state index contributed by atoms with van der Waals surface area (Å²) in [6.45, 7) is 3.44. The van der Waals surface area contributed by atoms with Gasteiger partial charge < -0.3 is 4.74 Å². The lowest BCUT2D eigenvalue weighted by atomic mass is 10.2. The number of rotatable bonds is 4. The van der Waals surface area contributed by atoms with Gasteiger partial charge in [0.05, 0.1) is 6.61 Å². The number of ether oxygens (including phenoxy) is 1. The first-order chi connectivity index (χ1) is 6.22. The van der Waals surface area contributed by atoms with Crippen molar-refractivity contribution in [1.82, 2.24) is 0 Å². The van der Waals surface area contributed by atoms with Crippen molar-refractivity contribution < 1.29 is 4.74 Å². The van der Waals surface area contributed by atoms with Crippen molar-refractivity contribution >= 4 is 23.2 Å². The lowest BCUT2D eigenvalue weighted by Gasteiger charge is -2.03. The van der Waals surface area contributed by atoms with Crippen LogP contribution in [0, 0.1) is 0 Å². The summed E-state index contributed by atoms with van der Waals surface area (Å²) in [5.74, 6) is 0. The molecule has 0 aliphatic heterocycles. The van der Waals surface area contributed by atoms with Gasteiger partial charge in [-0.3, -0.25) is 0 Å². The molecule has 0 spiro atoms. The fraction of sp³-hybridized carbons (Fsp3) is 0.400. The molecule has 0 fully saturated rings. The highest BCUT2D eigenvalue weighted by Crippen LogP contribution is 2.19. The summed E-state index contributed by atoms with van der Waals surface area (Å²) in [7, 11) is 0. The zero-order valence-electron chi connectivity index (χ0n) is 7.52. The standard InChI is InChI=1S/C10H12Cl2O/c1-2-13-4-3-8-5-9(11)7-10(12)6-8/h5-7H,2-4H2,1H3. The Labute approximate surface area is 88.6 Å². The molecule has 0 atom stereocenters. The topological polar surface area (TPSA) is 9.23 Å². The molecule has 0 saturated carbocycles. The van der Waals surface area contributed by atoms with Gasteiger partial charge >= 0.3 is 0 Å². The van der Waals surface area contributed by atoms with E-state index in [0.29, 0.717) is 16.7 Å². The molecule has 1 rings (SSSR count). The van der Waals surface area contributed by atoms with Crippen LogP contribution in [0.25, 0.3) is 0 Å². The quantitative estimate of drug-likeness (QED) is 0.703. The van der Waals surface area contributed by atoms with Crippen molar-refractivity contribution in [2.45, 2.75) is 13.3 Å². The van der Waals surface area contributed by atoms with E-state index in [1.54, 1.807) is 6.07 Å². The van der Waals surface area contributed by atoms with Crippen LogP contribution in [0.3, 0.4) is 0 Å². The Morgan fingerprint density at radius 1 is 1.15 bits per heavy atom. The molecule has 0 aromatic heterocycles. The van der Waals surface area contributed by atoms with E-state index in [-0.39, 0.29) is 0 Å². The van der Waals surface area contributed by atoms with Gasteiger partial charge in [0.15, 0.2) is 0 Å². The molecule has 1 aromatic carbocycles. The molecule has 0 heterocycles. The van der Waals surface area contributed by atoms with Crippen molar-refractivity contribution in [3.05, 3.63) is 33.8 Å². The Morgan fingerprint density at radius 3 is 2.31 bits per heavy atom. The largest absolute Gasteiger partial charge is 0.381 e. The summed E-state index contributed by atoms with van der Waals surface area (Å²) in [5.41, 5.74) is 1.12. The fourth-order valence-corrected chi connectivity index (χ4v) is 1.66. The Hall–Kier alpha value is -0.240. The molecule has 0 bridgehead atoms. The van der Waals surface area contributed by atoms with Gasteiger partial charge in [-0.2, -0.15) is 0 Å². The highest BCUT2D eigenvalue weighted by molar-refractivity contribution is 6.34. The zero-order valence-corrected chi connectivity index (χ0v) is 9.03. The lowest BCUT2D eigenvalue weighted by Crippen LogP contribution is -1.97. The van der Waals surface area contributed by atoms with E-state index in [1.807, 2.05) is 19.1 Å². The smallest absolute Gasteiger partial charge is 0.0506 e. The van der Waals surface area contributed by atoms with E-state index >= 15 is 0 Å². The maximum atomic E-state index is 5.84. The van der Waals surface area contributed by atoms with Gasteiger partial charge in [-0.25, -0.2) is 0 Å². The molecule has 0 aliphatic rings. The maximum Gasteiger partial charge on any atom is 0.0506 e. The fourth-order valence-electron chi connectivity index (χ4n) is 1.09. The van der Waals surface area contributed by atoms with Crippen LogP contribution in [-0.2, 0) is 11.2 Å². The SMILES string of the molecule is CCOCCc1cc(Cl)cc(Cl)c1. The van der Waals surface area contributed by atoms with E-state index < -0.39 is 0 Å². The van der Waals surface area contributed by atoms with Crippen LogP contribution in [0.2, 0.25) is 10.0 Å². The molecule has 0 saturated heterocycles. The molecule has 0 radical (unpaired) electrons. The van der Waals surface area contributed by atoms with Crippen molar-refractivity contribution in [3.63, 3.8) is 0 Å². The summed E-state index contributed by atoms with van der Waals surface area (Å²) in [6.07, 6.45) is 0.855. The third-order valence-corrected chi connectivity index (χ3v) is 2.10. The molecule has 0 aliphatic carbocycles. The predicted octanol–water partition coefficient (Wildman–Crippen LogP) is 3.57. The van der Waals surface area contributed by atoms with Crippen molar-refractivity contribution in [3.8, 4) is 0 Å². The van der Waals surface area contributed by atoms with E-state index in [2.05, 4.69) is 0 Å². The molecule has 0 unspecified atom stereocenters. The van der Waals surface area contributed by atoms with E-state index in [4.69, 9.17) is 27.9 Å². The van der Waals surface area contributed by atoms with Crippen LogP contribution in [0.15, 0.2) is 18.2 Å². The summed E-state index contributed by atoms with van der Waals surface area (Å²) in [4.78, 5) is 0. The van der Waals surface area contributed by atoms with Gasteiger partial charge in [-0.05, 0) is 37.1 Å².